The molecule has 104 valence electrons. The van der Waals surface area contributed by atoms with E-state index in [-0.39, 0.29) is 15.7 Å². The summed E-state index contributed by atoms with van der Waals surface area (Å²) < 4.78 is 26.9. The lowest BCUT2D eigenvalue weighted by Gasteiger charge is -2.07. The molecule has 0 aliphatic rings. The van der Waals surface area contributed by atoms with Gasteiger partial charge in [0.2, 0.25) is 0 Å². The Morgan fingerprint density at radius 3 is 2.45 bits per heavy atom. The number of nitrogens with zero attached hydrogens (tertiary/aromatic N) is 3. The van der Waals surface area contributed by atoms with Crippen LogP contribution < -0.4 is 10.5 Å². The van der Waals surface area contributed by atoms with Crippen molar-refractivity contribution < 1.29 is 8.42 Å². The number of rotatable bonds is 4. The Morgan fingerprint density at radius 1 is 1.20 bits per heavy atom. The van der Waals surface area contributed by atoms with Crippen molar-refractivity contribution in [2.45, 2.75) is 4.90 Å². The van der Waals surface area contributed by atoms with Crippen molar-refractivity contribution >= 4 is 49.0 Å². The number of nitrogens with one attached hydrogen (secondary N) is 1. The monoisotopic (exact) mass is 373 g/mol. The topological polar surface area (TPSA) is 111 Å². The van der Waals surface area contributed by atoms with Crippen LogP contribution in [-0.2, 0) is 10.0 Å². The standard InChI is InChI=1S/C10H8BrN5O2S2/c11-8-4-15-9(5-14-8)16-20(17,18)6-1-2-7(10(12)19)13-3-6/h1-5H,(H2,12,19)(H,15,16). The smallest absolute Gasteiger partial charge is 0.264 e. The van der Waals surface area contributed by atoms with Crippen LogP contribution in [0.25, 0.3) is 0 Å². The highest BCUT2D eigenvalue weighted by atomic mass is 79.9. The van der Waals surface area contributed by atoms with Gasteiger partial charge in [-0.05, 0) is 28.1 Å². The average Bonchev–Trinajstić information content (AvgIpc) is 2.41. The van der Waals surface area contributed by atoms with Crippen LogP contribution >= 0.6 is 28.1 Å². The van der Waals surface area contributed by atoms with Gasteiger partial charge in [0.25, 0.3) is 10.0 Å². The van der Waals surface area contributed by atoms with E-state index in [1.807, 2.05) is 0 Å². The van der Waals surface area contributed by atoms with Gasteiger partial charge in [-0.3, -0.25) is 9.71 Å². The van der Waals surface area contributed by atoms with Crippen molar-refractivity contribution in [3.05, 3.63) is 41.0 Å². The van der Waals surface area contributed by atoms with Gasteiger partial charge in [0, 0.05) is 6.20 Å². The van der Waals surface area contributed by atoms with E-state index in [1.54, 1.807) is 0 Å². The SMILES string of the molecule is NC(=S)c1ccc(S(=O)(=O)Nc2cnc(Br)cn2)cn1. The molecule has 0 aromatic carbocycles. The third-order valence-electron chi connectivity index (χ3n) is 2.16. The highest BCUT2D eigenvalue weighted by molar-refractivity contribution is 9.10. The Labute approximate surface area is 128 Å². The maximum absolute atomic E-state index is 12.1. The fraction of sp³-hybridized carbons (Fsp3) is 0. The number of halogens is 1. The number of thiocarbonyl (C=S) groups is 1. The van der Waals surface area contributed by atoms with Crippen LogP contribution in [-0.4, -0.2) is 28.4 Å². The molecule has 0 radical (unpaired) electrons. The van der Waals surface area contributed by atoms with Crippen LogP contribution in [0.1, 0.15) is 5.69 Å². The van der Waals surface area contributed by atoms with Gasteiger partial charge < -0.3 is 5.73 Å². The van der Waals surface area contributed by atoms with Gasteiger partial charge in [-0.25, -0.2) is 18.4 Å². The summed E-state index contributed by atoms with van der Waals surface area (Å²) in [7, 11) is -3.78. The van der Waals surface area contributed by atoms with Crippen LogP contribution in [0.5, 0.6) is 0 Å². The molecule has 2 heterocycles. The summed E-state index contributed by atoms with van der Waals surface area (Å²) in [5.74, 6) is 0.103. The lowest BCUT2D eigenvalue weighted by Crippen LogP contribution is -2.16. The molecule has 0 amide bonds. The predicted molar refractivity (Wildman–Crippen MR) is 80.7 cm³/mol. The lowest BCUT2D eigenvalue weighted by atomic mass is 10.3. The molecular formula is C10H8BrN5O2S2. The number of hydrogen-bond donors (Lipinski definition) is 2. The molecule has 7 nitrogen and oxygen atoms in total. The second kappa shape index (κ2) is 5.77. The summed E-state index contributed by atoms with van der Waals surface area (Å²) in [6.07, 6.45) is 3.84. The molecule has 0 saturated heterocycles. The van der Waals surface area contributed by atoms with Gasteiger partial charge in [0.05, 0.1) is 18.1 Å². The van der Waals surface area contributed by atoms with Crippen molar-refractivity contribution in [3.63, 3.8) is 0 Å². The minimum Gasteiger partial charge on any atom is -0.388 e. The van der Waals surface area contributed by atoms with Crippen LogP contribution in [0, 0.1) is 0 Å². The Balaban J connectivity index is 2.26. The summed E-state index contributed by atoms with van der Waals surface area (Å²) in [6, 6.07) is 2.79. The second-order valence-electron chi connectivity index (χ2n) is 3.57. The summed E-state index contributed by atoms with van der Waals surface area (Å²) in [4.78, 5) is 11.7. The van der Waals surface area contributed by atoms with Crippen molar-refractivity contribution in [1.82, 2.24) is 15.0 Å². The molecular weight excluding hydrogens is 366 g/mol. The molecule has 0 aliphatic carbocycles. The highest BCUT2D eigenvalue weighted by Gasteiger charge is 2.15. The zero-order chi connectivity index (χ0) is 14.8. The second-order valence-corrected chi connectivity index (χ2v) is 6.51. The van der Waals surface area contributed by atoms with E-state index in [0.717, 1.165) is 0 Å². The molecule has 3 N–H and O–H groups in total. The summed E-state index contributed by atoms with van der Waals surface area (Å²) >= 11 is 7.85. The quantitative estimate of drug-likeness (QED) is 0.770. The zero-order valence-corrected chi connectivity index (χ0v) is 13.0. The van der Waals surface area contributed by atoms with E-state index in [0.29, 0.717) is 10.3 Å². The van der Waals surface area contributed by atoms with E-state index in [1.165, 1.54) is 30.7 Å². The molecule has 0 atom stereocenters. The van der Waals surface area contributed by atoms with Crippen molar-refractivity contribution in [2.75, 3.05) is 4.72 Å². The average molecular weight is 374 g/mol. The van der Waals surface area contributed by atoms with Gasteiger partial charge in [0.15, 0.2) is 5.82 Å². The van der Waals surface area contributed by atoms with E-state index in [2.05, 4.69) is 35.6 Å². The molecule has 20 heavy (non-hydrogen) atoms. The van der Waals surface area contributed by atoms with Gasteiger partial charge in [-0.15, -0.1) is 0 Å². The van der Waals surface area contributed by atoms with E-state index < -0.39 is 10.0 Å². The first-order valence-corrected chi connectivity index (χ1v) is 7.83. The van der Waals surface area contributed by atoms with Crippen LogP contribution in [0.15, 0.2) is 40.2 Å². The largest absolute Gasteiger partial charge is 0.388 e. The Hall–Kier alpha value is -1.65. The maximum atomic E-state index is 12.1. The normalized spacial score (nSPS) is 11.1. The minimum absolute atomic E-state index is 0.0257. The zero-order valence-electron chi connectivity index (χ0n) is 9.82. The van der Waals surface area contributed by atoms with Crippen LogP contribution in [0.4, 0.5) is 5.82 Å². The summed E-state index contributed by atoms with van der Waals surface area (Å²) in [5, 5.41) is 0. The number of pyridine rings is 1. The number of nitrogens with two attached hydrogens (primary N) is 1. The number of sulfonamides is 1. The lowest BCUT2D eigenvalue weighted by molar-refractivity contribution is 0.600. The number of hydrogen-bond acceptors (Lipinski definition) is 6. The highest BCUT2D eigenvalue weighted by Crippen LogP contribution is 2.14. The van der Waals surface area contributed by atoms with Gasteiger partial charge in [0.1, 0.15) is 14.5 Å². The third-order valence-corrected chi connectivity index (χ3v) is 4.12. The molecule has 0 spiro atoms. The van der Waals surface area contributed by atoms with Crippen molar-refractivity contribution in [3.8, 4) is 0 Å². The first-order valence-electron chi connectivity index (χ1n) is 5.15. The molecule has 0 bridgehead atoms. The first kappa shape index (κ1) is 14.8. The molecule has 2 rings (SSSR count). The van der Waals surface area contributed by atoms with Gasteiger partial charge in [-0.2, -0.15) is 0 Å². The van der Waals surface area contributed by atoms with Gasteiger partial charge >= 0.3 is 0 Å². The van der Waals surface area contributed by atoms with E-state index in [9.17, 15) is 8.42 Å². The third kappa shape index (κ3) is 3.46. The maximum Gasteiger partial charge on any atom is 0.264 e. The molecule has 0 aliphatic heterocycles. The molecule has 0 saturated carbocycles. The Bertz CT molecular complexity index is 731. The van der Waals surface area contributed by atoms with Crippen LogP contribution in [0.2, 0.25) is 0 Å². The van der Waals surface area contributed by atoms with E-state index in [4.69, 9.17) is 18.0 Å². The Morgan fingerprint density at radius 2 is 1.95 bits per heavy atom. The summed E-state index contributed by atoms with van der Waals surface area (Å²) in [5.41, 5.74) is 5.74. The molecule has 0 unspecified atom stereocenters. The fourth-order valence-corrected chi connectivity index (χ4v) is 2.51. The number of anilines is 1. The van der Waals surface area contributed by atoms with Gasteiger partial charge in [-0.1, -0.05) is 12.2 Å². The van der Waals surface area contributed by atoms with Crippen molar-refractivity contribution in [1.29, 1.82) is 0 Å². The number of aromatic nitrogens is 3. The summed E-state index contributed by atoms with van der Waals surface area (Å²) in [6.45, 7) is 0. The first-order chi connectivity index (χ1) is 9.38. The van der Waals surface area contributed by atoms with Crippen molar-refractivity contribution in [2.24, 2.45) is 5.73 Å². The Kier molecular flexibility index (Phi) is 4.26. The molecule has 10 heteroatoms. The van der Waals surface area contributed by atoms with Crippen LogP contribution in [0.3, 0.4) is 0 Å². The molecule has 2 aromatic heterocycles. The predicted octanol–water partition coefficient (Wildman–Crippen LogP) is 1.07. The molecule has 0 fully saturated rings. The fourth-order valence-electron chi connectivity index (χ4n) is 1.25. The molecule has 2 aromatic rings. The minimum atomic E-state index is -3.78. The van der Waals surface area contributed by atoms with E-state index >= 15 is 0 Å².